The monoisotopic (exact) mass is 436 g/mol. The van der Waals surface area contributed by atoms with Crippen LogP contribution in [0.25, 0.3) is 0 Å². The Kier molecular flexibility index (Phi) is 7.46. The zero-order valence-corrected chi connectivity index (χ0v) is 18.2. The van der Waals surface area contributed by atoms with Crippen molar-refractivity contribution in [1.29, 1.82) is 0 Å². The smallest absolute Gasteiger partial charge is 0.243 e. The van der Waals surface area contributed by atoms with E-state index in [4.69, 9.17) is 4.74 Å². The Morgan fingerprint density at radius 2 is 1.70 bits per heavy atom. The van der Waals surface area contributed by atoms with Crippen LogP contribution in [0.1, 0.15) is 17.5 Å². The molecule has 2 aromatic carbocycles. The second-order valence-corrected chi connectivity index (χ2v) is 9.64. The number of nitrogens with zero attached hydrogens (tertiary/aromatic N) is 2. The Bertz CT molecular complexity index is 930. The van der Waals surface area contributed by atoms with Crippen LogP contribution in [-0.2, 0) is 10.0 Å². The van der Waals surface area contributed by atoms with E-state index in [9.17, 15) is 17.9 Å². The van der Waals surface area contributed by atoms with Gasteiger partial charge in [0.05, 0.1) is 4.90 Å². The fraction of sp³-hybridized carbons (Fsp3) is 0.455. The molecular formula is C22H29FN2O4S. The average molecular weight is 437 g/mol. The molecule has 1 heterocycles. The molecule has 164 valence electrons. The highest BCUT2D eigenvalue weighted by molar-refractivity contribution is 7.89. The van der Waals surface area contributed by atoms with Crippen molar-refractivity contribution in [3.8, 4) is 5.75 Å². The number of benzene rings is 2. The average Bonchev–Trinajstić information content (AvgIpc) is 2.94. The van der Waals surface area contributed by atoms with E-state index in [1.54, 1.807) is 0 Å². The van der Waals surface area contributed by atoms with Crippen molar-refractivity contribution in [3.05, 3.63) is 59.4 Å². The van der Waals surface area contributed by atoms with Crippen molar-refractivity contribution in [2.45, 2.75) is 31.3 Å². The SMILES string of the molecule is Cc1cccc(C)c1OC[C@@H](O)CN1CCCN(S(=O)(=O)c2ccc(F)cc2)CC1. The van der Waals surface area contributed by atoms with E-state index in [1.807, 2.05) is 32.0 Å². The number of halogens is 1. The van der Waals surface area contributed by atoms with Crippen LogP contribution in [0, 0.1) is 19.7 Å². The largest absolute Gasteiger partial charge is 0.490 e. The minimum atomic E-state index is -3.66. The minimum Gasteiger partial charge on any atom is -0.490 e. The topological polar surface area (TPSA) is 70.1 Å². The standard InChI is InChI=1S/C22H29FN2O4S/c1-17-5-3-6-18(2)22(17)29-16-20(26)15-24-11-4-12-25(14-13-24)30(27,28)21-9-7-19(23)8-10-21/h3,5-10,20,26H,4,11-16H2,1-2H3/t20-/m0/s1. The van der Waals surface area contributed by atoms with Crippen molar-refractivity contribution < 1.29 is 22.7 Å². The zero-order valence-electron chi connectivity index (χ0n) is 17.4. The van der Waals surface area contributed by atoms with Gasteiger partial charge in [0.2, 0.25) is 10.0 Å². The van der Waals surface area contributed by atoms with E-state index in [0.717, 1.165) is 29.0 Å². The first-order chi connectivity index (χ1) is 14.3. The molecule has 1 saturated heterocycles. The van der Waals surface area contributed by atoms with Crippen LogP contribution in [-0.4, -0.2) is 68.2 Å². The Morgan fingerprint density at radius 1 is 1.03 bits per heavy atom. The molecule has 0 bridgehead atoms. The first-order valence-corrected chi connectivity index (χ1v) is 11.6. The molecule has 2 aromatic rings. The lowest BCUT2D eigenvalue weighted by molar-refractivity contribution is 0.0695. The number of β-amino-alcohol motifs (C(OH)–C–C–N with tert-alkyl or cyclic N) is 1. The van der Waals surface area contributed by atoms with Gasteiger partial charge in [0.15, 0.2) is 0 Å². The quantitative estimate of drug-likeness (QED) is 0.723. The fourth-order valence-electron chi connectivity index (χ4n) is 3.68. The van der Waals surface area contributed by atoms with Gasteiger partial charge in [-0.1, -0.05) is 18.2 Å². The third-order valence-electron chi connectivity index (χ3n) is 5.30. The maximum absolute atomic E-state index is 13.1. The van der Waals surface area contributed by atoms with Crippen molar-refractivity contribution in [1.82, 2.24) is 9.21 Å². The number of rotatable bonds is 7. The molecule has 1 fully saturated rings. The Labute approximate surface area is 177 Å². The lowest BCUT2D eigenvalue weighted by Crippen LogP contribution is -2.39. The molecule has 0 unspecified atom stereocenters. The van der Waals surface area contributed by atoms with Gasteiger partial charge in [0.25, 0.3) is 0 Å². The highest BCUT2D eigenvalue weighted by Crippen LogP contribution is 2.22. The summed E-state index contributed by atoms with van der Waals surface area (Å²) >= 11 is 0. The third kappa shape index (κ3) is 5.57. The van der Waals surface area contributed by atoms with E-state index in [2.05, 4.69) is 4.90 Å². The molecule has 0 aromatic heterocycles. The number of hydrogen-bond acceptors (Lipinski definition) is 5. The van der Waals surface area contributed by atoms with Gasteiger partial charge in [-0.2, -0.15) is 4.31 Å². The maximum atomic E-state index is 13.1. The fourth-order valence-corrected chi connectivity index (χ4v) is 5.15. The molecule has 0 aliphatic carbocycles. The summed E-state index contributed by atoms with van der Waals surface area (Å²) in [4.78, 5) is 2.15. The third-order valence-corrected chi connectivity index (χ3v) is 7.21. The molecule has 6 nitrogen and oxygen atoms in total. The van der Waals surface area contributed by atoms with Crippen LogP contribution in [0.4, 0.5) is 4.39 Å². The van der Waals surface area contributed by atoms with Crippen LogP contribution in [0.3, 0.4) is 0 Å². The normalized spacial score (nSPS) is 17.5. The number of hydrogen-bond donors (Lipinski definition) is 1. The molecule has 1 N–H and O–H groups in total. The molecular weight excluding hydrogens is 407 g/mol. The summed E-state index contributed by atoms with van der Waals surface area (Å²) in [5.41, 5.74) is 2.05. The summed E-state index contributed by atoms with van der Waals surface area (Å²) in [5.74, 6) is 0.331. The Hall–Kier alpha value is -2.00. The number of aliphatic hydroxyl groups is 1. The van der Waals surface area contributed by atoms with Gasteiger partial charge < -0.3 is 9.84 Å². The van der Waals surface area contributed by atoms with Gasteiger partial charge in [0, 0.05) is 26.2 Å². The maximum Gasteiger partial charge on any atom is 0.243 e. The van der Waals surface area contributed by atoms with E-state index in [-0.39, 0.29) is 11.5 Å². The van der Waals surface area contributed by atoms with E-state index in [1.165, 1.54) is 16.4 Å². The summed E-state index contributed by atoms with van der Waals surface area (Å²) < 4.78 is 46.0. The second kappa shape index (κ2) is 9.87. The highest BCUT2D eigenvalue weighted by atomic mass is 32.2. The summed E-state index contributed by atoms with van der Waals surface area (Å²) in [7, 11) is -3.66. The van der Waals surface area contributed by atoms with Crippen LogP contribution >= 0.6 is 0 Å². The number of para-hydroxylation sites is 1. The van der Waals surface area contributed by atoms with Gasteiger partial charge in [-0.3, -0.25) is 4.90 Å². The summed E-state index contributed by atoms with van der Waals surface area (Å²) in [6, 6.07) is 10.8. The number of aryl methyl sites for hydroxylation is 2. The van der Waals surface area contributed by atoms with Gasteiger partial charge in [0.1, 0.15) is 24.3 Å². The molecule has 1 atom stereocenters. The summed E-state index contributed by atoms with van der Waals surface area (Å²) in [6.45, 7) is 6.46. The predicted molar refractivity (Wildman–Crippen MR) is 114 cm³/mol. The van der Waals surface area contributed by atoms with Gasteiger partial charge in [-0.15, -0.1) is 0 Å². The van der Waals surface area contributed by atoms with E-state index >= 15 is 0 Å². The van der Waals surface area contributed by atoms with Gasteiger partial charge in [-0.05, 0) is 62.2 Å². The first-order valence-electron chi connectivity index (χ1n) is 10.1. The van der Waals surface area contributed by atoms with Crippen molar-refractivity contribution in [2.24, 2.45) is 0 Å². The molecule has 0 spiro atoms. The zero-order chi connectivity index (χ0) is 21.7. The lowest BCUT2D eigenvalue weighted by Gasteiger charge is -2.24. The molecule has 1 aliphatic heterocycles. The lowest BCUT2D eigenvalue weighted by atomic mass is 10.1. The van der Waals surface area contributed by atoms with Crippen molar-refractivity contribution in [3.63, 3.8) is 0 Å². The van der Waals surface area contributed by atoms with Crippen LogP contribution in [0.5, 0.6) is 5.75 Å². The molecule has 0 amide bonds. The number of aliphatic hydroxyl groups excluding tert-OH is 1. The van der Waals surface area contributed by atoms with Crippen molar-refractivity contribution >= 4 is 10.0 Å². The molecule has 3 rings (SSSR count). The minimum absolute atomic E-state index is 0.0967. The van der Waals surface area contributed by atoms with Crippen molar-refractivity contribution in [2.75, 3.05) is 39.3 Å². The molecule has 0 saturated carbocycles. The van der Waals surface area contributed by atoms with Crippen LogP contribution in [0.15, 0.2) is 47.4 Å². The molecule has 8 heteroatoms. The van der Waals surface area contributed by atoms with Gasteiger partial charge >= 0.3 is 0 Å². The molecule has 1 aliphatic rings. The highest BCUT2D eigenvalue weighted by Gasteiger charge is 2.27. The summed E-state index contributed by atoms with van der Waals surface area (Å²) in [5, 5.41) is 10.4. The Morgan fingerprint density at radius 3 is 2.37 bits per heavy atom. The molecule has 0 radical (unpaired) electrons. The molecule has 30 heavy (non-hydrogen) atoms. The van der Waals surface area contributed by atoms with Crippen LogP contribution in [0.2, 0.25) is 0 Å². The first kappa shape index (κ1) is 22.7. The van der Waals surface area contributed by atoms with Gasteiger partial charge in [-0.25, -0.2) is 12.8 Å². The van der Waals surface area contributed by atoms with E-state index < -0.39 is 21.9 Å². The number of sulfonamides is 1. The van der Waals surface area contributed by atoms with E-state index in [0.29, 0.717) is 39.1 Å². The summed E-state index contributed by atoms with van der Waals surface area (Å²) in [6.07, 6.45) is -0.0190. The second-order valence-electron chi connectivity index (χ2n) is 7.70. The van der Waals surface area contributed by atoms with Crippen LogP contribution < -0.4 is 4.74 Å². The number of ether oxygens (including phenoxy) is 1. The Balaban J connectivity index is 1.54. The predicted octanol–water partition coefficient (Wildman–Crippen LogP) is 2.58.